The number of carboxylic acid groups (broad SMARTS) is 1. The van der Waals surface area contributed by atoms with Crippen molar-refractivity contribution in [3.8, 4) is 0 Å². The molecule has 1 saturated carbocycles. The van der Waals surface area contributed by atoms with Crippen molar-refractivity contribution in [2.75, 3.05) is 6.54 Å². The van der Waals surface area contributed by atoms with E-state index in [0.29, 0.717) is 25.4 Å². The minimum Gasteiger partial charge on any atom is -0.480 e. The van der Waals surface area contributed by atoms with Gasteiger partial charge in [0.05, 0.1) is 0 Å². The van der Waals surface area contributed by atoms with Gasteiger partial charge < -0.3 is 14.9 Å². The molecule has 6 nitrogen and oxygen atoms in total. The number of thiophene rings is 1. The first-order valence-electron chi connectivity index (χ1n) is 9.91. The van der Waals surface area contributed by atoms with Crippen LogP contribution in [0.15, 0.2) is 11.4 Å². The van der Waals surface area contributed by atoms with Crippen molar-refractivity contribution in [1.82, 2.24) is 9.80 Å². The van der Waals surface area contributed by atoms with Gasteiger partial charge in [0.25, 0.3) is 0 Å². The quantitative estimate of drug-likeness (QED) is 0.857. The summed E-state index contributed by atoms with van der Waals surface area (Å²) in [4.78, 5) is 41.9. The zero-order valence-electron chi connectivity index (χ0n) is 15.4. The molecule has 2 aliphatic heterocycles. The number of aliphatic carboxylic acids is 1. The lowest BCUT2D eigenvalue weighted by atomic mass is 9.84. The summed E-state index contributed by atoms with van der Waals surface area (Å²) in [5.74, 6) is -0.784. The first-order valence-corrected chi connectivity index (χ1v) is 10.8. The van der Waals surface area contributed by atoms with Crippen molar-refractivity contribution in [3.63, 3.8) is 0 Å². The van der Waals surface area contributed by atoms with E-state index in [-0.39, 0.29) is 30.7 Å². The second kappa shape index (κ2) is 7.62. The predicted octanol–water partition coefficient (Wildman–Crippen LogP) is 2.66. The largest absolute Gasteiger partial charge is 0.480 e. The number of amides is 2. The van der Waals surface area contributed by atoms with Crippen LogP contribution in [0, 0.1) is 5.92 Å². The molecule has 7 heteroatoms. The summed E-state index contributed by atoms with van der Waals surface area (Å²) in [6.45, 7) is 1.32. The lowest BCUT2D eigenvalue weighted by Crippen LogP contribution is -2.46. The lowest BCUT2D eigenvalue weighted by molar-refractivity contribution is -0.150. The summed E-state index contributed by atoms with van der Waals surface area (Å²) in [6, 6.07) is 1.39. The first kappa shape index (κ1) is 18.5. The summed E-state index contributed by atoms with van der Waals surface area (Å²) in [6.07, 6.45) is 5.78. The molecule has 0 aromatic carbocycles. The maximum Gasteiger partial charge on any atom is 0.326 e. The van der Waals surface area contributed by atoms with Crippen molar-refractivity contribution in [3.05, 3.63) is 21.9 Å². The van der Waals surface area contributed by atoms with E-state index in [0.717, 1.165) is 32.1 Å². The standard InChI is InChI=1S/C20H26N2O4S/c23-18(21-9-7-17-14(12-21)8-10-27-17)5-6-19(24)22-15-4-2-1-3-13(15)11-16(22)20(25)26/h8,10,13,15-16H,1-7,9,11-12H2,(H,25,26). The molecule has 0 radical (unpaired) electrons. The molecule has 3 atom stereocenters. The SMILES string of the molecule is O=C(O)C1CC2CCCCC2N1C(=O)CCC(=O)N1CCc2sccc2C1. The molecule has 146 valence electrons. The molecule has 0 bridgehead atoms. The Morgan fingerprint density at radius 1 is 1.15 bits per heavy atom. The first-order chi connectivity index (χ1) is 13.0. The van der Waals surface area contributed by atoms with Crippen LogP contribution in [0.4, 0.5) is 0 Å². The highest BCUT2D eigenvalue weighted by atomic mass is 32.1. The number of carbonyl (C=O) groups excluding carboxylic acids is 2. The minimum absolute atomic E-state index is 0.00790. The van der Waals surface area contributed by atoms with E-state index in [1.165, 1.54) is 10.4 Å². The van der Waals surface area contributed by atoms with Gasteiger partial charge in [0.1, 0.15) is 6.04 Å². The van der Waals surface area contributed by atoms with Gasteiger partial charge in [-0.25, -0.2) is 4.79 Å². The van der Waals surface area contributed by atoms with Gasteiger partial charge in [0, 0.05) is 36.9 Å². The van der Waals surface area contributed by atoms with E-state index in [9.17, 15) is 19.5 Å². The van der Waals surface area contributed by atoms with Gasteiger partial charge in [-0.1, -0.05) is 12.8 Å². The van der Waals surface area contributed by atoms with Crippen molar-refractivity contribution in [2.24, 2.45) is 5.92 Å². The summed E-state index contributed by atoms with van der Waals surface area (Å²) in [7, 11) is 0. The Labute approximate surface area is 163 Å². The molecule has 4 rings (SSSR count). The van der Waals surface area contributed by atoms with Gasteiger partial charge in [0.15, 0.2) is 0 Å². The molecule has 1 N–H and O–H groups in total. The predicted molar refractivity (Wildman–Crippen MR) is 101 cm³/mol. The van der Waals surface area contributed by atoms with E-state index in [1.807, 2.05) is 4.90 Å². The van der Waals surface area contributed by atoms with Crippen molar-refractivity contribution in [2.45, 2.75) is 70.0 Å². The topological polar surface area (TPSA) is 77.9 Å². The van der Waals surface area contributed by atoms with Crippen LogP contribution in [0.5, 0.6) is 0 Å². The molecule has 3 unspecified atom stereocenters. The lowest BCUT2D eigenvalue weighted by Gasteiger charge is -2.33. The average molecular weight is 391 g/mol. The average Bonchev–Trinajstić information content (AvgIpc) is 3.29. The summed E-state index contributed by atoms with van der Waals surface area (Å²) in [5.41, 5.74) is 1.21. The molecule has 1 aromatic heterocycles. The molecule has 27 heavy (non-hydrogen) atoms. The maximum atomic E-state index is 12.9. The van der Waals surface area contributed by atoms with Gasteiger partial charge in [-0.05, 0) is 48.6 Å². The summed E-state index contributed by atoms with van der Waals surface area (Å²) >= 11 is 1.73. The molecule has 3 aliphatic rings. The monoisotopic (exact) mass is 390 g/mol. The van der Waals surface area contributed by atoms with Gasteiger partial charge in [-0.3, -0.25) is 9.59 Å². The second-order valence-electron chi connectivity index (χ2n) is 7.94. The number of carboxylic acids is 1. The molecule has 3 heterocycles. The van der Waals surface area contributed by atoms with Crippen molar-refractivity contribution < 1.29 is 19.5 Å². The Morgan fingerprint density at radius 3 is 2.74 bits per heavy atom. The number of hydrogen-bond acceptors (Lipinski definition) is 4. The van der Waals surface area contributed by atoms with E-state index in [2.05, 4.69) is 11.4 Å². The van der Waals surface area contributed by atoms with Gasteiger partial charge in [-0.2, -0.15) is 0 Å². The Kier molecular flexibility index (Phi) is 5.21. The van der Waals surface area contributed by atoms with Crippen LogP contribution in [0.25, 0.3) is 0 Å². The Balaban J connectivity index is 1.36. The fourth-order valence-electron chi connectivity index (χ4n) is 5.00. The molecule has 1 aliphatic carbocycles. The van der Waals surface area contributed by atoms with E-state index < -0.39 is 12.0 Å². The van der Waals surface area contributed by atoms with Crippen molar-refractivity contribution >= 4 is 29.1 Å². The zero-order chi connectivity index (χ0) is 19.0. The highest BCUT2D eigenvalue weighted by Gasteiger charge is 2.47. The van der Waals surface area contributed by atoms with E-state index in [1.54, 1.807) is 16.2 Å². The zero-order valence-corrected chi connectivity index (χ0v) is 16.2. The molecule has 2 amide bonds. The fraction of sp³-hybridized carbons (Fsp3) is 0.650. The molecular weight excluding hydrogens is 364 g/mol. The van der Waals surface area contributed by atoms with E-state index in [4.69, 9.17) is 0 Å². The molecule has 0 spiro atoms. The minimum atomic E-state index is -0.912. The highest BCUT2D eigenvalue weighted by Crippen LogP contribution is 2.40. The third-order valence-electron chi connectivity index (χ3n) is 6.37. The van der Waals surface area contributed by atoms with Crippen LogP contribution >= 0.6 is 11.3 Å². The highest BCUT2D eigenvalue weighted by molar-refractivity contribution is 7.10. The number of carbonyl (C=O) groups is 3. The number of hydrogen-bond donors (Lipinski definition) is 1. The van der Waals surface area contributed by atoms with Crippen LogP contribution in [0.1, 0.15) is 55.4 Å². The third kappa shape index (κ3) is 3.61. The van der Waals surface area contributed by atoms with E-state index >= 15 is 0 Å². The number of nitrogens with zero attached hydrogens (tertiary/aromatic N) is 2. The summed E-state index contributed by atoms with van der Waals surface area (Å²) in [5, 5.41) is 11.6. The van der Waals surface area contributed by atoms with Crippen LogP contribution in [-0.4, -0.2) is 51.3 Å². The second-order valence-corrected chi connectivity index (χ2v) is 8.94. The number of likely N-dealkylation sites (tertiary alicyclic amines) is 1. The van der Waals surface area contributed by atoms with Crippen LogP contribution in [0.2, 0.25) is 0 Å². The third-order valence-corrected chi connectivity index (χ3v) is 7.40. The molecule has 1 saturated heterocycles. The van der Waals surface area contributed by atoms with Crippen LogP contribution in [-0.2, 0) is 27.3 Å². The van der Waals surface area contributed by atoms with Crippen LogP contribution in [0.3, 0.4) is 0 Å². The fourth-order valence-corrected chi connectivity index (χ4v) is 5.89. The normalized spacial score (nSPS) is 27.2. The Hall–Kier alpha value is -1.89. The number of fused-ring (bicyclic) bond motifs is 2. The Bertz CT molecular complexity index is 746. The van der Waals surface area contributed by atoms with Gasteiger partial charge >= 0.3 is 5.97 Å². The Morgan fingerprint density at radius 2 is 1.93 bits per heavy atom. The number of rotatable bonds is 4. The molecule has 2 fully saturated rings. The summed E-state index contributed by atoms with van der Waals surface area (Å²) < 4.78 is 0. The smallest absolute Gasteiger partial charge is 0.326 e. The molecule has 1 aromatic rings. The van der Waals surface area contributed by atoms with Gasteiger partial charge in [-0.15, -0.1) is 11.3 Å². The van der Waals surface area contributed by atoms with Crippen LogP contribution < -0.4 is 0 Å². The van der Waals surface area contributed by atoms with Crippen molar-refractivity contribution in [1.29, 1.82) is 0 Å². The maximum absolute atomic E-state index is 12.9. The van der Waals surface area contributed by atoms with Gasteiger partial charge in [0.2, 0.25) is 11.8 Å². The molecular formula is C20H26N2O4S.